The molecule has 0 unspecified atom stereocenters. The van der Waals surface area contributed by atoms with Crippen LogP contribution in [-0.4, -0.2) is 44.8 Å². The predicted octanol–water partition coefficient (Wildman–Crippen LogP) is 2.71. The molecule has 3 aromatic heterocycles. The van der Waals surface area contributed by atoms with Gasteiger partial charge in [0.05, 0.1) is 0 Å². The molecule has 1 spiro atoms. The first-order valence-corrected chi connectivity index (χ1v) is 12.0. The van der Waals surface area contributed by atoms with Crippen molar-refractivity contribution in [1.29, 1.82) is 0 Å². The van der Waals surface area contributed by atoms with Crippen molar-refractivity contribution in [2.45, 2.75) is 25.3 Å². The van der Waals surface area contributed by atoms with Gasteiger partial charge in [0.2, 0.25) is 11.8 Å². The van der Waals surface area contributed by atoms with E-state index in [1.807, 2.05) is 18.2 Å². The van der Waals surface area contributed by atoms with Crippen LogP contribution in [0.5, 0.6) is 5.88 Å². The second kappa shape index (κ2) is 7.51. The largest absolute Gasteiger partial charge is 0.473 e. The van der Waals surface area contributed by atoms with Gasteiger partial charge >= 0.3 is 0 Å². The first kappa shape index (κ1) is 20.4. The molecule has 9 heteroatoms. The molecule has 2 aliphatic heterocycles. The number of rotatable bonds is 2. The van der Waals surface area contributed by atoms with Crippen LogP contribution in [0.15, 0.2) is 53.5 Å². The fraction of sp³-hybridized carbons (Fsp3) is 0.308. The molecule has 7 rings (SSSR count). The number of nitrogens with zero attached hydrogens (tertiary/aromatic N) is 4. The number of fused-ring (bicyclic) bond motifs is 3. The Kier molecular flexibility index (Phi) is 4.38. The summed E-state index contributed by atoms with van der Waals surface area (Å²) in [6.45, 7) is 1.95. The minimum absolute atomic E-state index is 0.0515. The zero-order chi connectivity index (χ0) is 23.6. The minimum atomic E-state index is -0.211. The highest BCUT2D eigenvalue weighted by Crippen LogP contribution is 2.50. The average molecular weight is 468 g/mol. The number of pyridine rings is 1. The van der Waals surface area contributed by atoms with Crippen LogP contribution in [0, 0.1) is 5.41 Å². The van der Waals surface area contributed by atoms with Gasteiger partial charge in [-0.2, -0.15) is 10.1 Å². The molecule has 4 N–H and O–H groups in total. The second-order valence-corrected chi connectivity index (χ2v) is 9.67. The number of nitrogens with one attached hydrogen (secondary N) is 2. The number of hydrogen-bond donors (Lipinski definition) is 3. The van der Waals surface area contributed by atoms with Gasteiger partial charge < -0.3 is 15.4 Å². The molecule has 1 aromatic carbocycles. The minimum Gasteiger partial charge on any atom is -0.473 e. The van der Waals surface area contributed by atoms with Crippen molar-refractivity contribution in [3.8, 4) is 5.88 Å². The highest BCUT2D eigenvalue weighted by molar-refractivity contribution is 5.94. The van der Waals surface area contributed by atoms with Gasteiger partial charge in [0.15, 0.2) is 5.65 Å². The summed E-state index contributed by atoms with van der Waals surface area (Å²) in [5, 5.41) is 7.88. The molecule has 1 saturated heterocycles. The topological polar surface area (TPSA) is 126 Å². The van der Waals surface area contributed by atoms with Crippen molar-refractivity contribution in [2.75, 3.05) is 24.6 Å². The summed E-state index contributed by atoms with van der Waals surface area (Å²) in [6.07, 6.45) is 6.52. The summed E-state index contributed by atoms with van der Waals surface area (Å²) >= 11 is 0. The first-order chi connectivity index (χ1) is 17.1. The lowest BCUT2D eigenvalue weighted by Crippen LogP contribution is -2.45. The third-order valence-electron chi connectivity index (χ3n) is 7.89. The number of anilines is 1. The summed E-state index contributed by atoms with van der Waals surface area (Å²) in [5.41, 5.74) is 11.9. The highest BCUT2D eigenvalue weighted by Gasteiger charge is 2.46. The molecule has 1 fully saturated rings. The zero-order valence-electron chi connectivity index (χ0n) is 19.1. The maximum Gasteiger partial charge on any atom is 0.264 e. The van der Waals surface area contributed by atoms with Gasteiger partial charge in [0.25, 0.3) is 5.56 Å². The Morgan fingerprint density at radius 3 is 2.86 bits per heavy atom. The quantitative estimate of drug-likeness (QED) is 0.414. The molecule has 35 heavy (non-hydrogen) atoms. The molecular formula is C26H25N7O2. The van der Waals surface area contributed by atoms with E-state index < -0.39 is 0 Å². The number of nitrogens with two attached hydrogens (primary N) is 1. The van der Waals surface area contributed by atoms with E-state index in [-0.39, 0.29) is 17.0 Å². The van der Waals surface area contributed by atoms with E-state index in [2.05, 4.69) is 49.3 Å². The maximum atomic E-state index is 13.3. The smallest absolute Gasteiger partial charge is 0.264 e. The van der Waals surface area contributed by atoms with E-state index in [1.54, 1.807) is 6.20 Å². The van der Waals surface area contributed by atoms with E-state index in [4.69, 9.17) is 15.5 Å². The molecular weight excluding hydrogens is 442 g/mol. The van der Waals surface area contributed by atoms with Crippen molar-refractivity contribution in [3.63, 3.8) is 0 Å². The second-order valence-electron chi connectivity index (χ2n) is 9.67. The van der Waals surface area contributed by atoms with Crippen LogP contribution in [0.4, 0.5) is 5.95 Å². The van der Waals surface area contributed by atoms with E-state index in [9.17, 15) is 4.79 Å². The van der Waals surface area contributed by atoms with Crippen LogP contribution >= 0.6 is 0 Å². The Hall–Kier alpha value is -3.98. The standard InChI is InChI=1S/C26H25N7O2/c27-21-16-5-2-1-4-15(16)14-26(21)8-11-33(12-9-26)25-29-22-19(23(34)30-25)20(31-32-22)17-7-13-35-24-18(17)6-3-10-28-24/h1-7,10,21H,8-9,11-14,27H2,(H2,29,30,31,32,34)/t21-/m1/s1. The van der Waals surface area contributed by atoms with Crippen LogP contribution < -0.4 is 20.9 Å². The van der Waals surface area contributed by atoms with Gasteiger partial charge in [0.1, 0.15) is 17.7 Å². The van der Waals surface area contributed by atoms with E-state index >= 15 is 0 Å². The van der Waals surface area contributed by atoms with Crippen molar-refractivity contribution in [3.05, 3.63) is 81.4 Å². The van der Waals surface area contributed by atoms with Gasteiger partial charge in [0, 0.05) is 36.5 Å². The lowest BCUT2D eigenvalue weighted by Gasteiger charge is -2.42. The third-order valence-corrected chi connectivity index (χ3v) is 7.89. The Labute approximate surface area is 201 Å². The summed E-state index contributed by atoms with van der Waals surface area (Å²) in [6, 6.07) is 12.3. The first-order valence-electron chi connectivity index (χ1n) is 12.0. The number of hydrogen-bond acceptors (Lipinski definition) is 7. The fourth-order valence-corrected chi connectivity index (χ4v) is 5.99. The Morgan fingerprint density at radius 1 is 1.14 bits per heavy atom. The number of aromatic amines is 2. The third kappa shape index (κ3) is 3.04. The zero-order valence-corrected chi connectivity index (χ0v) is 19.1. The van der Waals surface area contributed by atoms with Crippen LogP contribution in [0.1, 0.15) is 41.3 Å². The summed E-state index contributed by atoms with van der Waals surface area (Å²) in [7, 11) is 0. The van der Waals surface area contributed by atoms with Crippen molar-refractivity contribution in [1.82, 2.24) is 25.1 Å². The number of piperidine rings is 1. The van der Waals surface area contributed by atoms with Gasteiger partial charge in [-0.25, -0.2) is 4.98 Å². The molecule has 0 saturated carbocycles. The summed E-state index contributed by atoms with van der Waals surface area (Å²) in [4.78, 5) is 27.5. The Balaban J connectivity index is 1.18. The molecule has 3 aliphatic rings. The predicted molar refractivity (Wildman–Crippen MR) is 132 cm³/mol. The number of aromatic nitrogens is 5. The molecule has 5 heterocycles. The highest BCUT2D eigenvalue weighted by atomic mass is 16.5. The molecule has 1 aliphatic carbocycles. The van der Waals surface area contributed by atoms with Crippen LogP contribution in [-0.2, 0) is 6.42 Å². The molecule has 0 radical (unpaired) electrons. The number of benzene rings is 1. The van der Waals surface area contributed by atoms with Crippen molar-refractivity contribution in [2.24, 2.45) is 11.1 Å². The lowest BCUT2D eigenvalue weighted by molar-refractivity contribution is 0.187. The summed E-state index contributed by atoms with van der Waals surface area (Å²) < 4.78 is 5.62. The molecule has 1 atom stereocenters. The maximum absolute atomic E-state index is 13.3. The Bertz CT molecular complexity index is 1540. The van der Waals surface area contributed by atoms with Gasteiger partial charge in [-0.3, -0.25) is 14.9 Å². The monoisotopic (exact) mass is 467 g/mol. The van der Waals surface area contributed by atoms with Crippen LogP contribution in [0.2, 0.25) is 0 Å². The molecule has 4 aromatic rings. The van der Waals surface area contributed by atoms with Crippen LogP contribution in [0.3, 0.4) is 0 Å². The number of H-pyrrole nitrogens is 2. The molecule has 0 amide bonds. The molecule has 9 nitrogen and oxygen atoms in total. The fourth-order valence-electron chi connectivity index (χ4n) is 5.99. The van der Waals surface area contributed by atoms with E-state index in [0.717, 1.165) is 43.5 Å². The van der Waals surface area contributed by atoms with Crippen LogP contribution in [0.25, 0.3) is 16.6 Å². The normalized spacial score (nSPS) is 20.4. The molecule has 176 valence electrons. The SMILES string of the molecule is N[C@@H]1c2ccccc2CC12CCN(c1nc3[nH]nc(C4=CCOc5ncccc54)c3c(=O)[nH]1)CC2. The van der Waals surface area contributed by atoms with E-state index in [1.165, 1.54) is 11.1 Å². The van der Waals surface area contributed by atoms with Crippen molar-refractivity contribution < 1.29 is 4.74 Å². The molecule has 0 bridgehead atoms. The van der Waals surface area contributed by atoms with E-state index in [0.29, 0.717) is 35.2 Å². The lowest BCUT2D eigenvalue weighted by atomic mass is 9.73. The van der Waals surface area contributed by atoms with Crippen molar-refractivity contribution >= 4 is 22.6 Å². The number of ether oxygens (including phenoxy) is 1. The van der Waals surface area contributed by atoms with Gasteiger partial charge in [-0.1, -0.05) is 24.3 Å². The Morgan fingerprint density at radius 2 is 2.00 bits per heavy atom. The summed E-state index contributed by atoms with van der Waals surface area (Å²) in [5.74, 6) is 1.11. The van der Waals surface area contributed by atoms with Gasteiger partial charge in [-0.05, 0) is 54.0 Å². The average Bonchev–Trinajstić information content (AvgIpc) is 3.44. The van der Waals surface area contributed by atoms with Gasteiger partial charge in [-0.15, -0.1) is 0 Å².